The molecule has 1 aromatic heterocycles. The van der Waals surface area contributed by atoms with Gasteiger partial charge in [-0.15, -0.1) is 0 Å². The predicted molar refractivity (Wildman–Crippen MR) is 104 cm³/mol. The van der Waals surface area contributed by atoms with E-state index in [1.165, 1.54) is 5.56 Å². The standard InChI is InChI=1S/C20H17Cl2N3O/c21-15-8-6-13(7-9-15)11-25-12-18(22)19(24-25)23-20(26)17-10-16(17)14-4-2-1-3-5-14/h1-9,12,16-17H,10-11H2,(H,23,24,26). The molecule has 26 heavy (non-hydrogen) atoms. The van der Waals surface area contributed by atoms with Crippen molar-refractivity contribution in [3.05, 3.63) is 82.0 Å². The van der Waals surface area contributed by atoms with Crippen LogP contribution >= 0.6 is 23.2 Å². The quantitative estimate of drug-likeness (QED) is 0.672. The minimum absolute atomic E-state index is 0.0186. The molecule has 6 heteroatoms. The number of amides is 1. The zero-order valence-electron chi connectivity index (χ0n) is 13.9. The molecule has 3 aromatic rings. The highest BCUT2D eigenvalue weighted by Gasteiger charge is 2.44. The summed E-state index contributed by atoms with van der Waals surface area (Å²) >= 11 is 12.1. The number of halogens is 2. The molecule has 2 unspecified atom stereocenters. The summed E-state index contributed by atoms with van der Waals surface area (Å²) in [5.41, 5.74) is 2.25. The van der Waals surface area contributed by atoms with Crippen LogP contribution in [-0.2, 0) is 11.3 Å². The number of aromatic nitrogens is 2. The van der Waals surface area contributed by atoms with E-state index in [2.05, 4.69) is 22.5 Å². The highest BCUT2D eigenvalue weighted by atomic mass is 35.5. The van der Waals surface area contributed by atoms with Gasteiger partial charge in [-0.05, 0) is 35.6 Å². The Bertz CT molecular complexity index is 922. The lowest BCUT2D eigenvalue weighted by molar-refractivity contribution is -0.117. The van der Waals surface area contributed by atoms with Crippen LogP contribution in [0.3, 0.4) is 0 Å². The van der Waals surface area contributed by atoms with Crippen molar-refractivity contribution in [2.45, 2.75) is 18.9 Å². The number of carbonyl (C=O) groups excluding carboxylic acids is 1. The molecule has 1 N–H and O–H groups in total. The summed E-state index contributed by atoms with van der Waals surface area (Å²) in [6, 6.07) is 17.6. The number of anilines is 1. The minimum atomic E-state index is -0.0301. The molecule has 1 aliphatic rings. The maximum Gasteiger partial charge on any atom is 0.229 e. The van der Waals surface area contributed by atoms with Gasteiger partial charge in [-0.3, -0.25) is 9.48 Å². The highest BCUT2D eigenvalue weighted by molar-refractivity contribution is 6.33. The molecule has 1 aliphatic carbocycles. The van der Waals surface area contributed by atoms with Crippen LogP contribution in [0, 0.1) is 5.92 Å². The molecule has 4 rings (SSSR count). The number of hydrogen-bond donors (Lipinski definition) is 1. The number of nitrogens with one attached hydrogen (secondary N) is 1. The first-order valence-corrected chi connectivity index (χ1v) is 9.19. The van der Waals surface area contributed by atoms with Crippen molar-refractivity contribution in [2.24, 2.45) is 5.92 Å². The molecule has 0 radical (unpaired) electrons. The van der Waals surface area contributed by atoms with Gasteiger partial charge in [0, 0.05) is 17.1 Å². The highest BCUT2D eigenvalue weighted by Crippen LogP contribution is 2.48. The van der Waals surface area contributed by atoms with E-state index in [4.69, 9.17) is 23.2 Å². The summed E-state index contributed by atoms with van der Waals surface area (Å²) in [6.07, 6.45) is 2.58. The van der Waals surface area contributed by atoms with Crippen molar-refractivity contribution in [1.29, 1.82) is 0 Å². The van der Waals surface area contributed by atoms with Crippen LogP contribution in [0.4, 0.5) is 5.82 Å². The van der Waals surface area contributed by atoms with Crippen LogP contribution in [0.1, 0.15) is 23.5 Å². The molecule has 132 valence electrons. The second kappa shape index (κ2) is 7.14. The fourth-order valence-electron chi connectivity index (χ4n) is 3.10. The van der Waals surface area contributed by atoms with Gasteiger partial charge in [-0.25, -0.2) is 0 Å². The van der Waals surface area contributed by atoms with E-state index in [-0.39, 0.29) is 17.7 Å². The number of rotatable bonds is 5. The fourth-order valence-corrected chi connectivity index (χ4v) is 3.43. The molecule has 1 saturated carbocycles. The van der Waals surface area contributed by atoms with E-state index < -0.39 is 0 Å². The van der Waals surface area contributed by atoms with Gasteiger partial charge < -0.3 is 5.32 Å². The summed E-state index contributed by atoms with van der Waals surface area (Å²) in [5, 5.41) is 8.39. The monoisotopic (exact) mass is 385 g/mol. The molecule has 0 saturated heterocycles. The maximum atomic E-state index is 12.5. The normalized spacial score (nSPS) is 18.5. The maximum absolute atomic E-state index is 12.5. The SMILES string of the molecule is O=C(Nc1nn(Cc2ccc(Cl)cc2)cc1Cl)C1CC1c1ccccc1. The van der Waals surface area contributed by atoms with Crippen molar-refractivity contribution in [2.75, 3.05) is 5.32 Å². The van der Waals surface area contributed by atoms with Crippen molar-refractivity contribution >= 4 is 34.9 Å². The van der Waals surface area contributed by atoms with Gasteiger partial charge in [0.15, 0.2) is 5.82 Å². The van der Waals surface area contributed by atoms with Crippen molar-refractivity contribution in [3.63, 3.8) is 0 Å². The average Bonchev–Trinajstić information content (AvgIpc) is 3.38. The number of carbonyl (C=O) groups is 1. The van der Waals surface area contributed by atoms with Crippen molar-refractivity contribution in [1.82, 2.24) is 9.78 Å². The molecule has 0 spiro atoms. The van der Waals surface area contributed by atoms with Crippen molar-refractivity contribution in [3.8, 4) is 0 Å². The Balaban J connectivity index is 1.40. The van der Waals surface area contributed by atoms with E-state index in [1.807, 2.05) is 42.5 Å². The largest absolute Gasteiger partial charge is 0.308 e. The Kier molecular flexibility index (Phi) is 4.70. The van der Waals surface area contributed by atoms with Gasteiger partial charge in [-0.2, -0.15) is 5.10 Å². The molecule has 1 heterocycles. The zero-order chi connectivity index (χ0) is 18.1. The average molecular weight is 386 g/mol. The smallest absolute Gasteiger partial charge is 0.229 e. The third kappa shape index (κ3) is 3.76. The molecule has 1 amide bonds. The van der Waals surface area contributed by atoms with Gasteiger partial charge in [-0.1, -0.05) is 65.7 Å². The molecule has 1 fully saturated rings. The fraction of sp³-hybridized carbons (Fsp3) is 0.200. The Morgan fingerprint density at radius 1 is 1.12 bits per heavy atom. The minimum Gasteiger partial charge on any atom is -0.308 e. The lowest BCUT2D eigenvalue weighted by atomic mass is 10.1. The number of hydrogen-bond acceptors (Lipinski definition) is 2. The third-order valence-electron chi connectivity index (χ3n) is 4.57. The Morgan fingerprint density at radius 2 is 1.85 bits per heavy atom. The van der Waals surface area contributed by atoms with E-state index in [0.717, 1.165) is 12.0 Å². The van der Waals surface area contributed by atoms with Gasteiger partial charge in [0.2, 0.25) is 5.91 Å². The van der Waals surface area contributed by atoms with Crippen LogP contribution in [0.15, 0.2) is 60.8 Å². The summed E-state index contributed by atoms with van der Waals surface area (Å²) in [7, 11) is 0. The summed E-state index contributed by atoms with van der Waals surface area (Å²) in [6.45, 7) is 0.558. The molecule has 2 aromatic carbocycles. The zero-order valence-corrected chi connectivity index (χ0v) is 15.4. The lowest BCUT2D eigenvalue weighted by Crippen LogP contribution is -2.15. The molecule has 0 bridgehead atoms. The number of benzene rings is 2. The second-order valence-corrected chi connectivity index (χ2v) is 7.34. The van der Waals surface area contributed by atoms with Crippen LogP contribution in [0.5, 0.6) is 0 Å². The Morgan fingerprint density at radius 3 is 2.58 bits per heavy atom. The molecule has 2 atom stereocenters. The number of nitrogens with zero attached hydrogens (tertiary/aromatic N) is 2. The third-order valence-corrected chi connectivity index (χ3v) is 5.10. The van der Waals surface area contributed by atoms with Gasteiger partial charge in [0.25, 0.3) is 0 Å². The van der Waals surface area contributed by atoms with Crippen LogP contribution < -0.4 is 5.32 Å². The second-order valence-electron chi connectivity index (χ2n) is 6.50. The van der Waals surface area contributed by atoms with E-state index >= 15 is 0 Å². The van der Waals surface area contributed by atoms with Gasteiger partial charge >= 0.3 is 0 Å². The van der Waals surface area contributed by atoms with Crippen LogP contribution in [0.2, 0.25) is 10.0 Å². The molecular formula is C20H17Cl2N3O. The predicted octanol–water partition coefficient (Wildman–Crippen LogP) is 4.98. The topological polar surface area (TPSA) is 46.9 Å². The van der Waals surface area contributed by atoms with E-state index in [0.29, 0.717) is 22.4 Å². The van der Waals surface area contributed by atoms with Gasteiger partial charge in [0.05, 0.1) is 6.54 Å². The Hall–Kier alpha value is -2.30. The summed E-state index contributed by atoms with van der Waals surface area (Å²) < 4.78 is 1.71. The van der Waals surface area contributed by atoms with Crippen molar-refractivity contribution < 1.29 is 4.79 Å². The summed E-state index contributed by atoms with van der Waals surface area (Å²) in [4.78, 5) is 12.5. The van der Waals surface area contributed by atoms with Gasteiger partial charge in [0.1, 0.15) is 5.02 Å². The molecule has 0 aliphatic heterocycles. The van der Waals surface area contributed by atoms with E-state index in [9.17, 15) is 4.79 Å². The first kappa shape index (κ1) is 17.1. The van der Waals surface area contributed by atoms with Crippen LogP contribution in [0.25, 0.3) is 0 Å². The molecule has 4 nitrogen and oxygen atoms in total. The first-order valence-electron chi connectivity index (χ1n) is 8.43. The first-order chi connectivity index (χ1) is 12.6. The lowest BCUT2D eigenvalue weighted by Gasteiger charge is -2.03. The summed E-state index contributed by atoms with van der Waals surface area (Å²) in [5.74, 6) is 0.642. The van der Waals surface area contributed by atoms with Crippen LogP contribution in [-0.4, -0.2) is 15.7 Å². The molecular weight excluding hydrogens is 369 g/mol. The Labute approximate surface area is 161 Å². The van der Waals surface area contributed by atoms with E-state index in [1.54, 1.807) is 10.9 Å².